The summed E-state index contributed by atoms with van der Waals surface area (Å²) in [6.07, 6.45) is -0.852. The average molecular weight is 293 g/mol. The zero-order chi connectivity index (χ0) is 13.2. The summed E-state index contributed by atoms with van der Waals surface area (Å²) < 4.78 is 24.4. The molecule has 0 saturated carbocycles. The Morgan fingerprint density at radius 2 is 2.33 bits per heavy atom. The highest BCUT2D eigenvalue weighted by molar-refractivity contribution is 8.01. The maximum Gasteiger partial charge on any atom is 0.209 e. The van der Waals surface area contributed by atoms with Crippen molar-refractivity contribution in [2.24, 2.45) is 0 Å². The molecule has 102 valence electrons. The van der Waals surface area contributed by atoms with Gasteiger partial charge in [0.2, 0.25) is 5.16 Å². The summed E-state index contributed by atoms with van der Waals surface area (Å²) in [6.45, 7) is 1.31. The molecule has 1 fully saturated rings. The smallest absolute Gasteiger partial charge is 0.209 e. The number of tetrazole rings is 1. The van der Waals surface area contributed by atoms with E-state index in [-0.39, 0.29) is 11.5 Å². The van der Waals surface area contributed by atoms with Crippen LogP contribution in [0.4, 0.5) is 0 Å². The lowest BCUT2D eigenvalue weighted by Gasteiger charge is -2.11. The van der Waals surface area contributed by atoms with Crippen molar-refractivity contribution in [1.29, 1.82) is 0 Å². The van der Waals surface area contributed by atoms with Crippen LogP contribution >= 0.6 is 11.8 Å². The van der Waals surface area contributed by atoms with E-state index in [1.54, 1.807) is 4.68 Å². The van der Waals surface area contributed by atoms with Crippen LogP contribution in [-0.4, -0.2) is 70.2 Å². The number of sulfone groups is 1. The van der Waals surface area contributed by atoms with Crippen LogP contribution in [0.25, 0.3) is 0 Å². The molecule has 1 aliphatic heterocycles. The number of rotatable bonds is 5. The number of hydrogen-bond donors (Lipinski definition) is 2. The molecule has 0 aromatic carbocycles. The van der Waals surface area contributed by atoms with Gasteiger partial charge in [-0.05, 0) is 17.5 Å². The Bertz CT molecular complexity index is 503. The van der Waals surface area contributed by atoms with Crippen molar-refractivity contribution in [3.63, 3.8) is 0 Å². The Balaban J connectivity index is 2.03. The first-order valence-corrected chi connectivity index (χ1v) is 8.18. The fourth-order valence-corrected chi connectivity index (χ4v) is 5.17. The van der Waals surface area contributed by atoms with Gasteiger partial charge in [0, 0.05) is 6.54 Å². The summed E-state index contributed by atoms with van der Waals surface area (Å²) in [4.78, 5) is 0. The van der Waals surface area contributed by atoms with E-state index in [1.165, 1.54) is 11.8 Å². The van der Waals surface area contributed by atoms with Gasteiger partial charge in [-0.3, -0.25) is 0 Å². The molecule has 0 amide bonds. The molecule has 18 heavy (non-hydrogen) atoms. The molecular weight excluding hydrogens is 278 g/mol. The van der Waals surface area contributed by atoms with Crippen LogP contribution in [0, 0.1) is 0 Å². The van der Waals surface area contributed by atoms with Gasteiger partial charge in [-0.15, -0.1) is 5.10 Å². The van der Waals surface area contributed by atoms with Crippen molar-refractivity contribution >= 4 is 21.6 Å². The second-order valence-corrected chi connectivity index (χ2v) is 7.45. The highest BCUT2D eigenvalue weighted by Crippen LogP contribution is 2.29. The van der Waals surface area contributed by atoms with E-state index >= 15 is 0 Å². The first kappa shape index (κ1) is 13.7. The molecule has 0 bridgehead atoms. The van der Waals surface area contributed by atoms with Gasteiger partial charge in [-0.1, -0.05) is 11.8 Å². The third-order valence-electron chi connectivity index (χ3n) is 2.60. The minimum atomic E-state index is -3.14. The number of likely N-dealkylation sites (N-methyl/N-ethyl adjacent to an activating group) is 1. The van der Waals surface area contributed by atoms with Crippen LogP contribution in [0.1, 0.15) is 0 Å². The van der Waals surface area contributed by atoms with Crippen molar-refractivity contribution in [3.8, 4) is 0 Å². The van der Waals surface area contributed by atoms with Gasteiger partial charge in [-0.2, -0.15) is 0 Å². The summed E-state index contributed by atoms with van der Waals surface area (Å²) in [7, 11) is -1.31. The normalized spacial score (nSPS) is 26.6. The van der Waals surface area contributed by atoms with Gasteiger partial charge in [0.25, 0.3) is 0 Å². The number of thioether (sulfide) groups is 1. The Labute approximate surface area is 109 Å². The fraction of sp³-hybridized carbons (Fsp3) is 0.875. The molecule has 0 radical (unpaired) electrons. The fourth-order valence-electron chi connectivity index (χ4n) is 1.68. The Hall–Kier alpha value is -0.710. The predicted molar refractivity (Wildman–Crippen MR) is 66.0 cm³/mol. The van der Waals surface area contributed by atoms with Crippen LogP contribution in [-0.2, 0) is 16.4 Å². The van der Waals surface area contributed by atoms with Crippen LogP contribution in [0.5, 0.6) is 0 Å². The summed E-state index contributed by atoms with van der Waals surface area (Å²) in [6, 6.07) is 0. The number of aliphatic hydroxyl groups excluding tert-OH is 1. The molecule has 1 aromatic heterocycles. The Morgan fingerprint density at radius 3 is 2.94 bits per heavy atom. The number of hydrogen-bond acceptors (Lipinski definition) is 8. The molecule has 1 aliphatic rings. The van der Waals surface area contributed by atoms with E-state index in [2.05, 4.69) is 20.8 Å². The standard InChI is InChI=1S/C8H15N5O3S2/c1-9-2-3-13-8(10-11-12-13)17-7-5-18(15,16)4-6(7)14/h6-7,9,14H,2-5H2,1H3. The van der Waals surface area contributed by atoms with Gasteiger partial charge >= 0.3 is 0 Å². The molecule has 2 heterocycles. The van der Waals surface area contributed by atoms with Crippen molar-refractivity contribution < 1.29 is 13.5 Å². The van der Waals surface area contributed by atoms with Crippen LogP contribution in [0.15, 0.2) is 5.16 Å². The summed E-state index contributed by atoms with van der Waals surface area (Å²) in [5, 5.41) is 24.0. The second kappa shape index (κ2) is 5.51. The summed E-state index contributed by atoms with van der Waals surface area (Å²) in [5.74, 6) is -0.208. The first-order valence-electron chi connectivity index (χ1n) is 5.48. The molecule has 0 spiro atoms. The highest BCUT2D eigenvalue weighted by atomic mass is 32.2. The average Bonchev–Trinajstić information content (AvgIpc) is 2.81. The van der Waals surface area contributed by atoms with E-state index in [1.807, 2.05) is 7.05 Å². The second-order valence-electron chi connectivity index (χ2n) is 4.09. The lowest BCUT2D eigenvalue weighted by Crippen LogP contribution is -2.22. The molecule has 2 unspecified atom stereocenters. The van der Waals surface area contributed by atoms with Gasteiger partial charge in [0.15, 0.2) is 9.84 Å². The van der Waals surface area contributed by atoms with E-state index in [0.717, 1.165) is 0 Å². The van der Waals surface area contributed by atoms with Crippen molar-refractivity contribution in [2.75, 3.05) is 25.1 Å². The topological polar surface area (TPSA) is 110 Å². The van der Waals surface area contributed by atoms with E-state index in [9.17, 15) is 13.5 Å². The first-order chi connectivity index (χ1) is 8.52. The molecule has 2 rings (SSSR count). The van der Waals surface area contributed by atoms with Crippen LogP contribution < -0.4 is 5.32 Å². The molecule has 0 aliphatic carbocycles. The van der Waals surface area contributed by atoms with Gasteiger partial charge in [0.05, 0.1) is 29.4 Å². The van der Waals surface area contributed by atoms with Crippen molar-refractivity contribution in [1.82, 2.24) is 25.5 Å². The minimum absolute atomic E-state index is 0.0300. The summed E-state index contributed by atoms with van der Waals surface area (Å²) >= 11 is 1.22. The molecule has 10 heteroatoms. The molecule has 1 saturated heterocycles. The third kappa shape index (κ3) is 3.19. The number of aliphatic hydroxyl groups is 1. The molecule has 1 aromatic rings. The third-order valence-corrected chi connectivity index (χ3v) is 5.82. The number of aromatic nitrogens is 4. The lowest BCUT2D eigenvalue weighted by atomic mass is 10.3. The zero-order valence-corrected chi connectivity index (χ0v) is 11.5. The maximum absolute atomic E-state index is 11.4. The SMILES string of the molecule is CNCCn1nnnc1SC1CS(=O)(=O)CC1O. The summed E-state index contributed by atoms with van der Waals surface area (Å²) in [5.41, 5.74) is 0. The molecule has 2 atom stereocenters. The maximum atomic E-state index is 11.4. The van der Waals surface area contributed by atoms with Crippen LogP contribution in [0.3, 0.4) is 0 Å². The number of nitrogens with one attached hydrogen (secondary N) is 1. The van der Waals surface area contributed by atoms with Gasteiger partial charge in [0.1, 0.15) is 0 Å². The largest absolute Gasteiger partial charge is 0.391 e. The quantitative estimate of drug-likeness (QED) is 0.650. The van der Waals surface area contributed by atoms with Crippen molar-refractivity contribution in [2.45, 2.75) is 23.1 Å². The Kier molecular flexibility index (Phi) is 4.20. The predicted octanol–water partition coefficient (Wildman–Crippen LogP) is -1.86. The molecular formula is C8H15N5O3S2. The number of nitrogens with zero attached hydrogens (tertiary/aromatic N) is 4. The zero-order valence-electron chi connectivity index (χ0n) is 9.85. The van der Waals surface area contributed by atoms with E-state index in [0.29, 0.717) is 18.2 Å². The van der Waals surface area contributed by atoms with E-state index < -0.39 is 21.2 Å². The monoisotopic (exact) mass is 293 g/mol. The van der Waals surface area contributed by atoms with Gasteiger partial charge in [-0.25, -0.2) is 13.1 Å². The molecule has 8 nitrogen and oxygen atoms in total. The van der Waals surface area contributed by atoms with Crippen LogP contribution in [0.2, 0.25) is 0 Å². The van der Waals surface area contributed by atoms with Crippen molar-refractivity contribution in [3.05, 3.63) is 0 Å². The minimum Gasteiger partial charge on any atom is -0.391 e. The Morgan fingerprint density at radius 1 is 1.56 bits per heavy atom. The molecule has 2 N–H and O–H groups in total. The van der Waals surface area contributed by atoms with E-state index in [4.69, 9.17) is 0 Å². The van der Waals surface area contributed by atoms with Gasteiger partial charge < -0.3 is 10.4 Å². The highest BCUT2D eigenvalue weighted by Gasteiger charge is 2.38. The lowest BCUT2D eigenvalue weighted by molar-refractivity contribution is 0.207.